The lowest BCUT2D eigenvalue weighted by molar-refractivity contribution is -0.119. The molecule has 0 aliphatic heterocycles. The second-order valence-electron chi connectivity index (χ2n) is 6.41. The molecular weight excluding hydrogens is 371 g/mol. The van der Waals surface area contributed by atoms with Crippen molar-refractivity contribution in [3.63, 3.8) is 0 Å². The van der Waals surface area contributed by atoms with Gasteiger partial charge in [-0.1, -0.05) is 37.1 Å². The van der Waals surface area contributed by atoms with Gasteiger partial charge in [-0.25, -0.2) is 9.18 Å². The van der Waals surface area contributed by atoms with Gasteiger partial charge in [0.2, 0.25) is 11.1 Å². The summed E-state index contributed by atoms with van der Waals surface area (Å²) in [5.41, 5.74) is 0.449. The van der Waals surface area contributed by atoms with E-state index in [1.54, 1.807) is 19.1 Å². The van der Waals surface area contributed by atoms with Crippen LogP contribution in [0.15, 0.2) is 29.4 Å². The standard InChI is InChI=1S/C17H21FN6O2S/c1-11(15(25)20-16(26)19-13-7-3-2-4-8-13)27-17-21-22-23-24(17)14-9-5-6-12(18)10-14/h5-6,9-11,13H,2-4,7-8H2,1H3,(H2,19,20,25,26). The second kappa shape index (κ2) is 8.94. The molecule has 1 atom stereocenters. The van der Waals surface area contributed by atoms with Crippen LogP contribution in [0.1, 0.15) is 39.0 Å². The van der Waals surface area contributed by atoms with Gasteiger partial charge < -0.3 is 5.32 Å². The van der Waals surface area contributed by atoms with Crippen molar-refractivity contribution in [1.82, 2.24) is 30.8 Å². The fourth-order valence-electron chi connectivity index (χ4n) is 2.92. The summed E-state index contributed by atoms with van der Waals surface area (Å²) < 4.78 is 14.8. The van der Waals surface area contributed by atoms with Crippen molar-refractivity contribution >= 4 is 23.7 Å². The van der Waals surface area contributed by atoms with E-state index in [0.29, 0.717) is 10.8 Å². The number of hydrogen-bond acceptors (Lipinski definition) is 6. The van der Waals surface area contributed by atoms with Gasteiger partial charge in [0.15, 0.2) is 0 Å². The van der Waals surface area contributed by atoms with Gasteiger partial charge in [-0.3, -0.25) is 10.1 Å². The first-order chi connectivity index (χ1) is 13.0. The average molecular weight is 392 g/mol. The van der Waals surface area contributed by atoms with Crippen LogP contribution in [-0.4, -0.2) is 43.4 Å². The third kappa shape index (κ3) is 5.25. The quantitative estimate of drug-likeness (QED) is 0.758. The van der Waals surface area contributed by atoms with Crippen LogP contribution in [0.5, 0.6) is 0 Å². The number of thioether (sulfide) groups is 1. The molecule has 0 radical (unpaired) electrons. The van der Waals surface area contributed by atoms with Gasteiger partial charge in [-0.2, -0.15) is 4.68 Å². The van der Waals surface area contributed by atoms with E-state index >= 15 is 0 Å². The Bertz CT molecular complexity index is 808. The van der Waals surface area contributed by atoms with Crippen LogP contribution < -0.4 is 10.6 Å². The minimum Gasteiger partial charge on any atom is -0.335 e. The summed E-state index contributed by atoms with van der Waals surface area (Å²) in [5, 5.41) is 16.2. The number of benzene rings is 1. The van der Waals surface area contributed by atoms with Gasteiger partial charge in [0, 0.05) is 6.04 Å². The van der Waals surface area contributed by atoms with E-state index in [1.807, 2.05) is 0 Å². The van der Waals surface area contributed by atoms with Gasteiger partial charge in [0.05, 0.1) is 10.9 Å². The fourth-order valence-corrected chi connectivity index (χ4v) is 3.72. The Morgan fingerprint density at radius 2 is 2.07 bits per heavy atom. The van der Waals surface area contributed by atoms with Crippen LogP contribution in [0, 0.1) is 5.82 Å². The van der Waals surface area contributed by atoms with Crippen LogP contribution in [0.25, 0.3) is 5.69 Å². The number of carbonyl (C=O) groups is 2. The summed E-state index contributed by atoms with van der Waals surface area (Å²) in [6.07, 6.45) is 5.25. The molecule has 27 heavy (non-hydrogen) atoms. The molecule has 2 aromatic rings. The molecule has 1 heterocycles. The summed E-state index contributed by atoms with van der Waals surface area (Å²) >= 11 is 1.09. The molecule has 144 valence electrons. The van der Waals surface area contributed by atoms with Crippen LogP contribution in [-0.2, 0) is 4.79 Å². The van der Waals surface area contributed by atoms with Crippen molar-refractivity contribution in [2.45, 2.75) is 55.5 Å². The first-order valence-corrected chi connectivity index (χ1v) is 9.73. The predicted octanol–water partition coefficient (Wildman–Crippen LogP) is 2.44. The minimum absolute atomic E-state index is 0.120. The van der Waals surface area contributed by atoms with E-state index in [9.17, 15) is 14.0 Å². The Hall–Kier alpha value is -2.49. The topological polar surface area (TPSA) is 102 Å². The van der Waals surface area contributed by atoms with E-state index < -0.39 is 23.0 Å². The maximum atomic E-state index is 13.4. The molecule has 1 fully saturated rings. The van der Waals surface area contributed by atoms with Crippen molar-refractivity contribution in [3.05, 3.63) is 30.1 Å². The lowest BCUT2D eigenvalue weighted by Gasteiger charge is -2.23. The molecular formula is C17H21FN6O2S. The van der Waals surface area contributed by atoms with Gasteiger partial charge in [-0.15, -0.1) is 5.10 Å². The fraction of sp³-hybridized carbons (Fsp3) is 0.471. The number of nitrogens with one attached hydrogen (secondary N) is 2. The molecule has 0 bridgehead atoms. The number of halogens is 1. The smallest absolute Gasteiger partial charge is 0.321 e. The van der Waals surface area contributed by atoms with Gasteiger partial charge >= 0.3 is 6.03 Å². The summed E-state index contributed by atoms with van der Waals surface area (Å²) in [5.74, 6) is -0.855. The molecule has 0 spiro atoms. The number of nitrogens with zero attached hydrogens (tertiary/aromatic N) is 4. The number of urea groups is 1. The molecule has 1 aliphatic rings. The maximum absolute atomic E-state index is 13.4. The minimum atomic E-state index is -0.611. The second-order valence-corrected chi connectivity index (χ2v) is 7.72. The zero-order chi connectivity index (χ0) is 19.2. The van der Waals surface area contributed by atoms with Gasteiger partial charge in [0.1, 0.15) is 5.82 Å². The van der Waals surface area contributed by atoms with Crippen molar-refractivity contribution in [3.8, 4) is 5.69 Å². The summed E-state index contributed by atoms with van der Waals surface area (Å²) in [7, 11) is 0. The SMILES string of the molecule is CC(Sc1nnnn1-c1cccc(F)c1)C(=O)NC(=O)NC1CCCCC1. The monoisotopic (exact) mass is 392 g/mol. The first-order valence-electron chi connectivity index (χ1n) is 8.85. The molecule has 2 N–H and O–H groups in total. The van der Waals surface area contributed by atoms with Crippen molar-refractivity contribution in [2.24, 2.45) is 0 Å². The first kappa shape index (κ1) is 19.3. The van der Waals surface area contributed by atoms with E-state index in [0.717, 1.165) is 37.4 Å². The Morgan fingerprint density at radius 3 is 2.81 bits per heavy atom. The van der Waals surface area contributed by atoms with E-state index in [1.165, 1.54) is 23.2 Å². The highest BCUT2D eigenvalue weighted by Gasteiger charge is 2.22. The summed E-state index contributed by atoms with van der Waals surface area (Å²) in [4.78, 5) is 24.3. The third-order valence-electron chi connectivity index (χ3n) is 4.32. The van der Waals surface area contributed by atoms with Crippen molar-refractivity contribution < 1.29 is 14.0 Å². The molecule has 1 unspecified atom stereocenters. The molecule has 1 aromatic heterocycles. The van der Waals surface area contributed by atoms with E-state index in [2.05, 4.69) is 26.2 Å². The number of imide groups is 1. The highest BCUT2D eigenvalue weighted by Crippen LogP contribution is 2.23. The molecule has 1 aliphatic carbocycles. The normalized spacial score (nSPS) is 15.9. The van der Waals surface area contributed by atoms with E-state index in [-0.39, 0.29) is 6.04 Å². The number of carbonyl (C=O) groups excluding carboxylic acids is 2. The zero-order valence-corrected chi connectivity index (χ0v) is 15.7. The number of hydrogen-bond donors (Lipinski definition) is 2. The Labute approximate surface area is 160 Å². The highest BCUT2D eigenvalue weighted by molar-refractivity contribution is 8.00. The highest BCUT2D eigenvalue weighted by atomic mass is 32.2. The van der Waals surface area contributed by atoms with Crippen molar-refractivity contribution in [2.75, 3.05) is 0 Å². The molecule has 10 heteroatoms. The largest absolute Gasteiger partial charge is 0.335 e. The van der Waals surface area contributed by atoms with Crippen LogP contribution in [0.3, 0.4) is 0 Å². The summed E-state index contributed by atoms with van der Waals surface area (Å²) in [6.45, 7) is 1.65. The summed E-state index contributed by atoms with van der Waals surface area (Å²) in [6, 6.07) is 5.46. The molecule has 0 saturated heterocycles. The van der Waals surface area contributed by atoms with Gasteiger partial charge in [-0.05, 0) is 48.4 Å². The van der Waals surface area contributed by atoms with Crippen LogP contribution >= 0.6 is 11.8 Å². The van der Waals surface area contributed by atoms with Crippen LogP contribution in [0.4, 0.5) is 9.18 Å². The molecule has 8 nitrogen and oxygen atoms in total. The van der Waals surface area contributed by atoms with E-state index in [4.69, 9.17) is 0 Å². The Kier molecular flexibility index (Phi) is 6.38. The number of tetrazole rings is 1. The Morgan fingerprint density at radius 1 is 1.30 bits per heavy atom. The van der Waals surface area contributed by atoms with Crippen molar-refractivity contribution in [1.29, 1.82) is 0 Å². The van der Waals surface area contributed by atoms with Crippen LogP contribution in [0.2, 0.25) is 0 Å². The molecule has 3 rings (SSSR count). The number of amides is 3. The zero-order valence-electron chi connectivity index (χ0n) is 14.9. The Balaban J connectivity index is 1.57. The lowest BCUT2D eigenvalue weighted by Crippen LogP contribution is -2.47. The molecule has 1 aromatic carbocycles. The number of aromatic nitrogens is 4. The van der Waals surface area contributed by atoms with Gasteiger partial charge in [0.25, 0.3) is 0 Å². The number of rotatable bonds is 5. The average Bonchev–Trinajstić information content (AvgIpc) is 3.10. The predicted molar refractivity (Wildman–Crippen MR) is 98.0 cm³/mol. The maximum Gasteiger partial charge on any atom is 0.321 e. The molecule has 1 saturated carbocycles. The lowest BCUT2D eigenvalue weighted by atomic mass is 9.96. The third-order valence-corrected chi connectivity index (χ3v) is 5.36. The molecule has 3 amide bonds.